The number of H-pyrrole nitrogens is 1. The van der Waals surface area contributed by atoms with E-state index in [1.54, 1.807) is 6.07 Å². The van der Waals surface area contributed by atoms with Gasteiger partial charge in [-0.25, -0.2) is 4.39 Å². The summed E-state index contributed by atoms with van der Waals surface area (Å²) in [5.41, 5.74) is 3.55. The number of halogens is 1. The Hall–Kier alpha value is -2.17. The molecule has 0 bridgehead atoms. The fraction of sp³-hybridized carbons (Fsp3) is 0.375. The molecule has 112 valence electrons. The van der Waals surface area contributed by atoms with E-state index in [4.69, 9.17) is 0 Å². The number of rotatable bonds is 5. The van der Waals surface area contributed by atoms with Gasteiger partial charge in [-0.15, -0.1) is 0 Å². The fourth-order valence-electron chi connectivity index (χ4n) is 2.27. The van der Waals surface area contributed by atoms with Crippen molar-refractivity contribution in [2.45, 2.75) is 39.7 Å². The first kappa shape index (κ1) is 15.2. The maximum Gasteiger partial charge on any atom is 0.224 e. The van der Waals surface area contributed by atoms with Crippen molar-refractivity contribution in [3.63, 3.8) is 0 Å². The van der Waals surface area contributed by atoms with Crippen molar-refractivity contribution in [3.8, 4) is 0 Å². The average molecular weight is 289 g/mol. The smallest absolute Gasteiger partial charge is 0.224 e. The number of carbonyl (C=O) groups excluding carboxylic acids is 1. The number of benzene rings is 1. The summed E-state index contributed by atoms with van der Waals surface area (Å²) in [5.74, 6) is -0.424. The van der Waals surface area contributed by atoms with Crippen LogP contribution in [0.1, 0.15) is 29.4 Å². The molecule has 21 heavy (non-hydrogen) atoms. The summed E-state index contributed by atoms with van der Waals surface area (Å²) in [4.78, 5) is 12.0. The molecular formula is C16H20FN3O. The number of hydrogen-bond acceptors (Lipinski definition) is 2. The van der Waals surface area contributed by atoms with E-state index in [1.165, 1.54) is 12.1 Å². The lowest BCUT2D eigenvalue weighted by Crippen LogP contribution is -2.35. The van der Waals surface area contributed by atoms with Crippen molar-refractivity contribution in [1.29, 1.82) is 0 Å². The van der Waals surface area contributed by atoms with E-state index in [-0.39, 0.29) is 24.2 Å². The molecule has 2 rings (SSSR count). The lowest BCUT2D eigenvalue weighted by Gasteiger charge is -2.13. The molecule has 2 N–H and O–H groups in total. The monoisotopic (exact) mass is 289 g/mol. The SMILES string of the molecule is Cc1cc(C[C@@H](C)NC(=O)Cc2cc(F)ccc2C)n[nH]1. The van der Waals surface area contributed by atoms with Crippen LogP contribution in [0.5, 0.6) is 0 Å². The minimum Gasteiger partial charge on any atom is -0.353 e. The molecular weight excluding hydrogens is 269 g/mol. The Morgan fingerprint density at radius 3 is 2.81 bits per heavy atom. The van der Waals surface area contributed by atoms with Gasteiger partial charge in [0.2, 0.25) is 5.91 Å². The third-order valence-electron chi connectivity index (χ3n) is 3.34. The van der Waals surface area contributed by atoms with E-state index in [9.17, 15) is 9.18 Å². The summed E-state index contributed by atoms with van der Waals surface area (Å²) >= 11 is 0. The molecule has 2 aromatic rings. The van der Waals surface area contributed by atoms with Crippen molar-refractivity contribution in [3.05, 3.63) is 52.6 Å². The quantitative estimate of drug-likeness (QED) is 0.888. The van der Waals surface area contributed by atoms with Gasteiger partial charge in [0.05, 0.1) is 12.1 Å². The van der Waals surface area contributed by atoms with E-state index < -0.39 is 0 Å². The van der Waals surface area contributed by atoms with Crippen molar-refractivity contribution >= 4 is 5.91 Å². The maximum absolute atomic E-state index is 13.2. The number of carbonyl (C=O) groups is 1. The van der Waals surface area contributed by atoms with Crippen LogP contribution in [0.25, 0.3) is 0 Å². The molecule has 0 aliphatic rings. The molecule has 0 saturated carbocycles. The summed E-state index contributed by atoms with van der Waals surface area (Å²) in [6.45, 7) is 5.74. The number of aromatic amines is 1. The van der Waals surface area contributed by atoms with E-state index in [0.717, 1.165) is 22.5 Å². The standard InChI is InChI=1S/C16H20FN3O/c1-10-4-5-14(17)8-13(10)9-16(21)18-11(2)6-15-7-12(3)19-20-15/h4-5,7-8,11H,6,9H2,1-3H3,(H,18,21)(H,19,20)/t11-/m1/s1. The summed E-state index contributed by atoms with van der Waals surface area (Å²) in [6.07, 6.45) is 0.853. The van der Waals surface area contributed by atoms with Gasteiger partial charge in [-0.1, -0.05) is 6.07 Å². The zero-order chi connectivity index (χ0) is 15.4. The van der Waals surface area contributed by atoms with Gasteiger partial charge >= 0.3 is 0 Å². The highest BCUT2D eigenvalue weighted by molar-refractivity contribution is 5.79. The predicted molar refractivity (Wildman–Crippen MR) is 79.5 cm³/mol. The highest BCUT2D eigenvalue weighted by Gasteiger charge is 2.12. The third kappa shape index (κ3) is 4.41. The molecule has 4 nitrogen and oxygen atoms in total. The third-order valence-corrected chi connectivity index (χ3v) is 3.34. The van der Waals surface area contributed by atoms with Crippen LogP contribution in [-0.2, 0) is 17.6 Å². The second kappa shape index (κ2) is 6.52. The molecule has 0 radical (unpaired) electrons. The predicted octanol–water partition coefficient (Wildman–Crippen LogP) is 2.46. The zero-order valence-corrected chi connectivity index (χ0v) is 12.5. The minimum absolute atomic E-state index is 0.0194. The van der Waals surface area contributed by atoms with Gasteiger partial charge in [0.1, 0.15) is 5.82 Å². The van der Waals surface area contributed by atoms with Crippen molar-refractivity contribution in [1.82, 2.24) is 15.5 Å². The van der Waals surface area contributed by atoms with Crippen LogP contribution in [0.3, 0.4) is 0 Å². The highest BCUT2D eigenvalue weighted by atomic mass is 19.1. The second-order valence-electron chi connectivity index (χ2n) is 5.46. The number of nitrogens with zero attached hydrogens (tertiary/aromatic N) is 1. The molecule has 0 fully saturated rings. The lowest BCUT2D eigenvalue weighted by molar-refractivity contribution is -0.121. The van der Waals surface area contributed by atoms with Crippen LogP contribution in [-0.4, -0.2) is 22.1 Å². The van der Waals surface area contributed by atoms with Crippen LogP contribution in [0.4, 0.5) is 4.39 Å². The first-order valence-electron chi connectivity index (χ1n) is 6.99. The van der Waals surface area contributed by atoms with Crippen LogP contribution in [0.2, 0.25) is 0 Å². The number of hydrogen-bond donors (Lipinski definition) is 2. The Morgan fingerprint density at radius 1 is 1.38 bits per heavy atom. The van der Waals surface area contributed by atoms with Crippen LogP contribution in [0, 0.1) is 19.7 Å². The summed E-state index contributed by atoms with van der Waals surface area (Å²) < 4.78 is 13.2. The Balaban J connectivity index is 1.90. The molecule has 1 aromatic heterocycles. The van der Waals surface area contributed by atoms with Gasteiger partial charge in [0, 0.05) is 18.2 Å². The molecule has 1 heterocycles. The molecule has 0 aliphatic carbocycles. The van der Waals surface area contributed by atoms with Gasteiger partial charge < -0.3 is 5.32 Å². The number of amides is 1. The van der Waals surface area contributed by atoms with E-state index in [0.29, 0.717) is 6.42 Å². The maximum atomic E-state index is 13.2. The van der Waals surface area contributed by atoms with Crippen LogP contribution < -0.4 is 5.32 Å². The van der Waals surface area contributed by atoms with Gasteiger partial charge in [-0.2, -0.15) is 5.10 Å². The van der Waals surface area contributed by atoms with E-state index in [2.05, 4.69) is 15.5 Å². The highest BCUT2D eigenvalue weighted by Crippen LogP contribution is 2.11. The summed E-state index contributed by atoms with van der Waals surface area (Å²) in [7, 11) is 0. The Kier molecular flexibility index (Phi) is 4.73. The molecule has 1 aromatic carbocycles. The largest absolute Gasteiger partial charge is 0.353 e. The summed E-state index contributed by atoms with van der Waals surface area (Å²) in [6, 6.07) is 6.44. The fourth-order valence-corrected chi connectivity index (χ4v) is 2.27. The van der Waals surface area contributed by atoms with Gasteiger partial charge in [0.15, 0.2) is 0 Å². The lowest BCUT2D eigenvalue weighted by atomic mass is 10.0. The van der Waals surface area contributed by atoms with E-state index in [1.807, 2.05) is 26.8 Å². The first-order chi connectivity index (χ1) is 9.94. The number of aromatic nitrogens is 2. The van der Waals surface area contributed by atoms with Gasteiger partial charge in [-0.3, -0.25) is 9.89 Å². The van der Waals surface area contributed by atoms with Gasteiger partial charge in [0.25, 0.3) is 0 Å². The second-order valence-corrected chi connectivity index (χ2v) is 5.46. The molecule has 0 saturated heterocycles. The molecule has 0 spiro atoms. The zero-order valence-electron chi connectivity index (χ0n) is 12.5. The Morgan fingerprint density at radius 2 is 2.14 bits per heavy atom. The molecule has 0 unspecified atom stereocenters. The topological polar surface area (TPSA) is 57.8 Å². The van der Waals surface area contributed by atoms with E-state index >= 15 is 0 Å². The molecule has 0 aliphatic heterocycles. The average Bonchev–Trinajstić information content (AvgIpc) is 2.79. The van der Waals surface area contributed by atoms with Crippen LogP contribution >= 0.6 is 0 Å². The molecule has 1 amide bonds. The Bertz CT molecular complexity index is 636. The van der Waals surface area contributed by atoms with Crippen molar-refractivity contribution < 1.29 is 9.18 Å². The minimum atomic E-state index is -0.316. The Labute approximate surface area is 123 Å². The number of aryl methyl sites for hydroxylation is 2. The van der Waals surface area contributed by atoms with Gasteiger partial charge in [-0.05, 0) is 50.1 Å². The van der Waals surface area contributed by atoms with Crippen LogP contribution in [0.15, 0.2) is 24.3 Å². The molecule has 5 heteroatoms. The van der Waals surface area contributed by atoms with Crippen molar-refractivity contribution in [2.24, 2.45) is 0 Å². The van der Waals surface area contributed by atoms with Crippen molar-refractivity contribution in [2.75, 3.05) is 0 Å². The normalized spacial score (nSPS) is 12.2. The first-order valence-corrected chi connectivity index (χ1v) is 6.99. The number of nitrogens with one attached hydrogen (secondary N) is 2. The summed E-state index contributed by atoms with van der Waals surface area (Å²) in [5, 5.41) is 9.94. The molecule has 1 atom stereocenters.